The monoisotopic (exact) mass is 256 g/mol. The Morgan fingerprint density at radius 2 is 0.833 bits per heavy atom. The van der Waals surface area contributed by atoms with Gasteiger partial charge in [-0.15, -0.1) is 0 Å². The minimum Gasteiger partial charge on any atom is -0.324 e. The molecule has 0 atom stereocenters. The fraction of sp³-hybridized carbons (Fsp3) is 1.00. The number of hydrogen-bond acceptors (Lipinski definition) is 0. The predicted octanol–water partition coefficient (Wildman–Crippen LogP) is 3.27. The third-order valence-corrected chi connectivity index (χ3v) is 6.32. The van der Waals surface area contributed by atoms with Crippen molar-refractivity contribution in [1.82, 2.24) is 0 Å². The number of hydrogen-bond donors (Lipinski definition) is 0. The molecule has 0 radical (unpaired) electrons. The van der Waals surface area contributed by atoms with Crippen molar-refractivity contribution >= 4 is 0 Å². The summed E-state index contributed by atoms with van der Waals surface area (Å²) in [4.78, 5) is 0. The van der Waals surface area contributed by atoms with Crippen LogP contribution in [0.2, 0.25) is 0 Å². The van der Waals surface area contributed by atoms with Crippen molar-refractivity contribution in [2.45, 2.75) is 65.5 Å². The lowest BCUT2D eigenvalue weighted by atomic mass is 9.87. The van der Waals surface area contributed by atoms with Crippen LogP contribution in [0.15, 0.2) is 0 Å². The van der Waals surface area contributed by atoms with Crippen LogP contribution in [0.25, 0.3) is 0 Å². The predicted molar refractivity (Wildman–Crippen MR) is 80.6 cm³/mol. The molecule has 1 aliphatic carbocycles. The van der Waals surface area contributed by atoms with Crippen LogP contribution in [-0.4, -0.2) is 61.3 Å². The van der Waals surface area contributed by atoms with Gasteiger partial charge in [-0.1, -0.05) is 0 Å². The van der Waals surface area contributed by atoms with E-state index < -0.39 is 0 Å². The van der Waals surface area contributed by atoms with E-state index in [1.165, 1.54) is 60.8 Å². The summed E-state index contributed by atoms with van der Waals surface area (Å²) in [5, 5.41) is 0. The van der Waals surface area contributed by atoms with Crippen molar-refractivity contribution in [2.24, 2.45) is 0 Å². The summed E-state index contributed by atoms with van der Waals surface area (Å²) in [5.74, 6) is 0. The normalized spacial score (nSPS) is 26.3. The minimum absolute atomic E-state index is 0.915. The van der Waals surface area contributed by atoms with E-state index in [4.69, 9.17) is 0 Å². The van der Waals surface area contributed by atoms with Crippen LogP contribution in [0.4, 0.5) is 0 Å². The van der Waals surface area contributed by atoms with Gasteiger partial charge in [-0.2, -0.15) is 0 Å². The largest absolute Gasteiger partial charge is 0.324 e. The third-order valence-electron chi connectivity index (χ3n) is 6.32. The first kappa shape index (κ1) is 16.0. The molecular formula is C16H36N2+2. The van der Waals surface area contributed by atoms with Gasteiger partial charge in [0.2, 0.25) is 0 Å². The molecule has 1 saturated carbocycles. The Bertz CT molecular complexity index is 207. The summed E-state index contributed by atoms with van der Waals surface area (Å²) in [6.07, 6.45) is 5.76. The molecular weight excluding hydrogens is 220 g/mol. The van der Waals surface area contributed by atoms with Gasteiger partial charge in [-0.3, -0.25) is 0 Å². The van der Waals surface area contributed by atoms with Gasteiger partial charge in [-0.05, 0) is 27.7 Å². The van der Waals surface area contributed by atoms with E-state index >= 15 is 0 Å². The van der Waals surface area contributed by atoms with Crippen molar-refractivity contribution in [1.29, 1.82) is 0 Å². The van der Waals surface area contributed by atoms with Crippen LogP contribution in [0.5, 0.6) is 0 Å². The Labute approximate surface area is 115 Å². The van der Waals surface area contributed by atoms with Gasteiger partial charge in [-0.25, -0.2) is 0 Å². The highest BCUT2D eigenvalue weighted by molar-refractivity contribution is 4.74. The lowest BCUT2D eigenvalue weighted by Gasteiger charge is -2.47. The van der Waals surface area contributed by atoms with Gasteiger partial charge in [0, 0.05) is 25.7 Å². The maximum absolute atomic E-state index is 2.46. The fourth-order valence-corrected chi connectivity index (χ4v) is 3.78. The molecule has 1 aliphatic rings. The third kappa shape index (κ3) is 3.08. The first-order chi connectivity index (χ1) is 8.45. The Balaban J connectivity index is 2.61. The van der Waals surface area contributed by atoms with E-state index in [9.17, 15) is 0 Å². The molecule has 2 nitrogen and oxygen atoms in total. The van der Waals surface area contributed by atoms with Crippen LogP contribution in [0.3, 0.4) is 0 Å². The van der Waals surface area contributed by atoms with Crippen LogP contribution in [0, 0.1) is 0 Å². The summed E-state index contributed by atoms with van der Waals surface area (Å²) in [6, 6.07) is 1.83. The summed E-state index contributed by atoms with van der Waals surface area (Å²) in [7, 11) is 4.91. The molecule has 0 amide bonds. The number of nitrogens with zero attached hydrogens (tertiary/aromatic N) is 2. The molecule has 1 rings (SSSR count). The van der Waals surface area contributed by atoms with Crippen LogP contribution in [0.1, 0.15) is 53.4 Å². The Kier molecular flexibility index (Phi) is 5.67. The number of rotatable bonds is 6. The van der Waals surface area contributed by atoms with Gasteiger partial charge in [0.15, 0.2) is 0 Å². The Hall–Kier alpha value is -0.0800. The molecule has 1 fully saturated rings. The van der Waals surface area contributed by atoms with E-state index in [1.54, 1.807) is 0 Å². The van der Waals surface area contributed by atoms with Gasteiger partial charge in [0.1, 0.15) is 0 Å². The lowest BCUT2D eigenvalue weighted by molar-refractivity contribution is -0.945. The average molecular weight is 256 g/mol. The van der Waals surface area contributed by atoms with E-state index in [1.807, 2.05) is 0 Å². The highest BCUT2D eigenvalue weighted by atomic mass is 15.4. The quantitative estimate of drug-likeness (QED) is 0.640. The summed E-state index contributed by atoms with van der Waals surface area (Å²) in [6.45, 7) is 14.6. The maximum Gasteiger partial charge on any atom is 0.0892 e. The van der Waals surface area contributed by atoms with Gasteiger partial charge >= 0.3 is 0 Å². The van der Waals surface area contributed by atoms with Crippen LogP contribution in [-0.2, 0) is 0 Å². The molecule has 0 aromatic carbocycles. The molecule has 0 N–H and O–H groups in total. The topological polar surface area (TPSA) is 0 Å². The molecule has 2 heteroatoms. The van der Waals surface area contributed by atoms with Crippen molar-refractivity contribution in [2.75, 3.05) is 40.3 Å². The first-order valence-corrected chi connectivity index (χ1v) is 8.14. The zero-order valence-corrected chi connectivity index (χ0v) is 13.7. The minimum atomic E-state index is 0.915. The fourth-order valence-electron chi connectivity index (χ4n) is 3.78. The van der Waals surface area contributed by atoms with Crippen molar-refractivity contribution < 1.29 is 8.97 Å². The van der Waals surface area contributed by atoms with E-state index in [2.05, 4.69) is 41.8 Å². The lowest BCUT2D eigenvalue weighted by Crippen LogP contribution is -2.58. The maximum atomic E-state index is 2.46. The summed E-state index contributed by atoms with van der Waals surface area (Å²) in [5.41, 5.74) is 0. The zero-order chi connectivity index (χ0) is 13.8. The van der Waals surface area contributed by atoms with Gasteiger partial charge in [0.25, 0.3) is 0 Å². The Morgan fingerprint density at radius 3 is 1.00 bits per heavy atom. The number of quaternary nitrogens is 2. The second kappa shape index (κ2) is 6.38. The van der Waals surface area contributed by atoms with Crippen molar-refractivity contribution in [3.05, 3.63) is 0 Å². The van der Waals surface area contributed by atoms with Crippen molar-refractivity contribution in [3.8, 4) is 0 Å². The molecule has 0 aromatic rings. The molecule has 0 aliphatic heterocycles. The molecule has 0 spiro atoms. The smallest absolute Gasteiger partial charge is 0.0892 e. The summed E-state index contributed by atoms with van der Waals surface area (Å²) < 4.78 is 2.57. The Morgan fingerprint density at radius 1 is 0.611 bits per heavy atom. The molecule has 0 heterocycles. The highest BCUT2D eigenvalue weighted by Gasteiger charge is 2.39. The van der Waals surface area contributed by atoms with Crippen molar-refractivity contribution in [3.63, 3.8) is 0 Å². The molecule has 0 aromatic heterocycles. The average Bonchev–Trinajstić information content (AvgIpc) is 2.45. The van der Waals surface area contributed by atoms with Gasteiger partial charge < -0.3 is 8.97 Å². The first-order valence-electron chi connectivity index (χ1n) is 8.14. The SMILES string of the molecule is CC[N+](C)(CC)C1CCC([N+](C)(CC)CC)CC1. The van der Waals surface area contributed by atoms with Crippen LogP contribution < -0.4 is 0 Å². The van der Waals surface area contributed by atoms with E-state index in [0.717, 1.165) is 12.1 Å². The molecule has 18 heavy (non-hydrogen) atoms. The zero-order valence-electron chi connectivity index (χ0n) is 13.7. The van der Waals surface area contributed by atoms with E-state index in [0.29, 0.717) is 0 Å². The van der Waals surface area contributed by atoms with Gasteiger partial charge in [0.05, 0.1) is 52.4 Å². The molecule has 0 unspecified atom stereocenters. The second-order valence-electron chi connectivity index (χ2n) is 6.69. The van der Waals surface area contributed by atoms with E-state index in [-0.39, 0.29) is 0 Å². The molecule has 0 bridgehead atoms. The summed E-state index contributed by atoms with van der Waals surface area (Å²) >= 11 is 0. The highest BCUT2D eigenvalue weighted by Crippen LogP contribution is 2.32. The molecule has 108 valence electrons. The standard InChI is InChI=1S/C16H36N2/c1-7-17(5,8-2)15-11-13-16(14-12-15)18(6,9-3)10-4/h15-16H,7-14H2,1-6H3/q+2. The second-order valence-corrected chi connectivity index (χ2v) is 6.69. The molecule has 0 saturated heterocycles. The van der Waals surface area contributed by atoms with Crippen LogP contribution >= 0.6 is 0 Å².